The highest BCUT2D eigenvalue weighted by Crippen LogP contribution is 2.24. The Morgan fingerprint density at radius 2 is 1.48 bits per heavy atom. The van der Waals surface area contributed by atoms with Crippen LogP contribution in [-0.4, -0.2) is 10.5 Å². The van der Waals surface area contributed by atoms with Crippen molar-refractivity contribution in [2.45, 2.75) is 73.3 Å². The van der Waals surface area contributed by atoms with Crippen molar-refractivity contribution < 1.29 is 4.79 Å². The summed E-state index contributed by atoms with van der Waals surface area (Å²) >= 11 is 0. The third kappa shape index (κ3) is 5.11. The lowest BCUT2D eigenvalue weighted by atomic mass is 9.99. The Hall–Kier alpha value is -3.14. The highest BCUT2D eigenvalue weighted by molar-refractivity contribution is 6.06. The molecule has 1 amide bonds. The Kier molecular flexibility index (Phi) is 8.26. The lowest BCUT2D eigenvalue weighted by Crippen LogP contribution is -2.31. The molecule has 0 unspecified atom stereocenters. The predicted octanol–water partition coefficient (Wildman–Crippen LogP) is 5.90. The average molecular weight is 445 g/mol. The van der Waals surface area contributed by atoms with Crippen molar-refractivity contribution in [3.8, 4) is 0 Å². The van der Waals surface area contributed by atoms with Crippen LogP contribution >= 0.6 is 0 Å². The number of carbonyl (C=O) groups is 1. The molecule has 0 bridgehead atoms. The van der Waals surface area contributed by atoms with Gasteiger partial charge in [0.05, 0.1) is 0 Å². The van der Waals surface area contributed by atoms with E-state index in [4.69, 9.17) is 0 Å². The molecule has 0 saturated carbocycles. The van der Waals surface area contributed by atoms with Crippen LogP contribution in [0.2, 0.25) is 0 Å². The van der Waals surface area contributed by atoms with Gasteiger partial charge in [0.25, 0.3) is 5.91 Å². The normalized spacial score (nSPS) is 10.9. The number of para-hydroxylation sites is 1. The fourth-order valence-electron chi connectivity index (χ4n) is 4.75. The molecule has 2 aromatic carbocycles. The summed E-state index contributed by atoms with van der Waals surface area (Å²) in [6.07, 6.45) is 3.85. The Balaban J connectivity index is 2.08. The van der Waals surface area contributed by atoms with Gasteiger partial charge in [0.15, 0.2) is 5.43 Å². The molecule has 0 saturated heterocycles. The molecule has 1 N–H and O–H groups in total. The van der Waals surface area contributed by atoms with Crippen molar-refractivity contribution in [1.29, 1.82) is 0 Å². The fourth-order valence-corrected chi connectivity index (χ4v) is 4.75. The second-order valence-corrected chi connectivity index (χ2v) is 8.42. The maximum absolute atomic E-state index is 13.6. The van der Waals surface area contributed by atoms with E-state index in [9.17, 15) is 9.59 Å². The van der Waals surface area contributed by atoms with Gasteiger partial charge < -0.3 is 9.88 Å². The maximum atomic E-state index is 13.6. The molecule has 0 radical (unpaired) electrons. The first-order valence-corrected chi connectivity index (χ1v) is 12.2. The van der Waals surface area contributed by atoms with Gasteiger partial charge >= 0.3 is 0 Å². The van der Waals surface area contributed by atoms with E-state index in [1.165, 1.54) is 5.56 Å². The highest BCUT2D eigenvalue weighted by Gasteiger charge is 2.23. The van der Waals surface area contributed by atoms with Crippen LogP contribution in [0.5, 0.6) is 0 Å². The molecule has 174 valence electrons. The predicted molar refractivity (Wildman–Crippen MR) is 137 cm³/mol. The smallest absolute Gasteiger partial charge is 0.261 e. The molecule has 1 aromatic heterocycles. The molecule has 3 rings (SSSR count). The molecule has 0 aliphatic rings. The van der Waals surface area contributed by atoms with Gasteiger partial charge in [0.1, 0.15) is 5.56 Å². The van der Waals surface area contributed by atoms with E-state index in [0.29, 0.717) is 6.42 Å². The second kappa shape index (κ2) is 11.1. The molecule has 0 atom stereocenters. The van der Waals surface area contributed by atoms with Crippen LogP contribution in [0, 0.1) is 6.92 Å². The summed E-state index contributed by atoms with van der Waals surface area (Å²) in [7, 11) is 0. The molecular weight excluding hydrogens is 408 g/mol. The summed E-state index contributed by atoms with van der Waals surface area (Å²) in [5, 5.41) is 3.12. The number of hydrogen-bond acceptors (Lipinski definition) is 2. The molecule has 1 heterocycles. The summed E-state index contributed by atoms with van der Waals surface area (Å²) in [4.78, 5) is 27.1. The van der Waals surface area contributed by atoms with Crippen molar-refractivity contribution in [2.75, 3.05) is 5.32 Å². The first-order valence-electron chi connectivity index (χ1n) is 12.2. The largest absolute Gasteiger partial charge is 0.347 e. The van der Waals surface area contributed by atoms with E-state index >= 15 is 0 Å². The van der Waals surface area contributed by atoms with E-state index in [2.05, 4.69) is 42.8 Å². The molecule has 4 nitrogen and oxygen atoms in total. The highest BCUT2D eigenvalue weighted by atomic mass is 16.2. The number of anilines is 1. The standard InChI is InChI=1S/C29H36N2O2/c1-6-22-16-13-17-23(7-2)27(22)30-29(33)26-20(5)31(19-18-21-14-11-10-12-15-21)25(9-4)24(8-3)28(26)32/h10-17H,6-9,18-19H2,1-5H3,(H,30,33). The minimum atomic E-state index is -0.307. The number of amides is 1. The third-order valence-electron chi connectivity index (χ3n) is 6.56. The number of nitrogens with one attached hydrogen (secondary N) is 1. The average Bonchev–Trinajstić information content (AvgIpc) is 2.83. The molecule has 0 aliphatic carbocycles. The van der Waals surface area contributed by atoms with E-state index in [-0.39, 0.29) is 16.9 Å². The fraction of sp³-hybridized carbons (Fsp3) is 0.379. The monoisotopic (exact) mass is 444 g/mol. The van der Waals surface area contributed by atoms with Crippen molar-refractivity contribution in [2.24, 2.45) is 0 Å². The lowest BCUT2D eigenvalue weighted by Gasteiger charge is -2.22. The summed E-state index contributed by atoms with van der Waals surface area (Å²) in [6.45, 7) is 10.9. The summed E-state index contributed by atoms with van der Waals surface area (Å²) in [6, 6.07) is 16.4. The minimum absolute atomic E-state index is 0.132. The van der Waals surface area contributed by atoms with Gasteiger partial charge in [0.2, 0.25) is 0 Å². The maximum Gasteiger partial charge on any atom is 0.261 e. The number of hydrogen-bond donors (Lipinski definition) is 1. The van der Waals surface area contributed by atoms with Gasteiger partial charge in [-0.05, 0) is 55.7 Å². The molecule has 0 spiro atoms. The van der Waals surface area contributed by atoms with Gasteiger partial charge in [-0.25, -0.2) is 0 Å². The van der Waals surface area contributed by atoms with Crippen molar-refractivity contribution in [1.82, 2.24) is 4.57 Å². The van der Waals surface area contributed by atoms with Gasteiger partial charge in [-0.2, -0.15) is 0 Å². The van der Waals surface area contributed by atoms with Gasteiger partial charge in [-0.15, -0.1) is 0 Å². The number of pyridine rings is 1. The minimum Gasteiger partial charge on any atom is -0.347 e. The molecule has 3 aromatic rings. The number of nitrogens with zero attached hydrogens (tertiary/aromatic N) is 1. The number of benzene rings is 2. The zero-order valence-electron chi connectivity index (χ0n) is 20.6. The first-order chi connectivity index (χ1) is 16.0. The van der Waals surface area contributed by atoms with Gasteiger partial charge in [-0.3, -0.25) is 9.59 Å². The van der Waals surface area contributed by atoms with Crippen molar-refractivity contribution >= 4 is 11.6 Å². The Morgan fingerprint density at radius 3 is 2.03 bits per heavy atom. The quantitative estimate of drug-likeness (QED) is 0.447. The van der Waals surface area contributed by atoms with E-state index in [1.54, 1.807) is 0 Å². The SMILES string of the molecule is CCc1cccc(CC)c1NC(=O)c1c(C)n(CCc2ccccc2)c(CC)c(CC)c1=O. The van der Waals surface area contributed by atoms with E-state index < -0.39 is 0 Å². The Bertz CT molecular complexity index is 1150. The van der Waals surface area contributed by atoms with Crippen LogP contribution in [0.25, 0.3) is 0 Å². The molecular formula is C29H36N2O2. The number of carbonyl (C=O) groups excluding carboxylic acids is 1. The Morgan fingerprint density at radius 1 is 0.848 bits per heavy atom. The summed E-state index contributed by atoms with van der Waals surface area (Å²) < 4.78 is 2.19. The molecule has 0 fully saturated rings. The van der Waals surface area contributed by atoms with Crippen LogP contribution in [0.15, 0.2) is 53.3 Å². The van der Waals surface area contributed by atoms with Crippen molar-refractivity contribution in [3.05, 3.63) is 98.0 Å². The second-order valence-electron chi connectivity index (χ2n) is 8.42. The van der Waals surface area contributed by atoms with E-state index in [0.717, 1.165) is 66.0 Å². The zero-order valence-corrected chi connectivity index (χ0v) is 20.6. The van der Waals surface area contributed by atoms with Crippen LogP contribution in [0.1, 0.15) is 71.7 Å². The third-order valence-corrected chi connectivity index (χ3v) is 6.56. The van der Waals surface area contributed by atoms with Crippen LogP contribution in [-0.2, 0) is 38.6 Å². The van der Waals surface area contributed by atoms with Crippen LogP contribution < -0.4 is 10.7 Å². The first kappa shape index (κ1) is 24.5. The van der Waals surface area contributed by atoms with E-state index in [1.807, 2.05) is 50.2 Å². The van der Waals surface area contributed by atoms with Crippen molar-refractivity contribution in [3.63, 3.8) is 0 Å². The van der Waals surface area contributed by atoms with Gasteiger partial charge in [-0.1, -0.05) is 76.2 Å². The number of aryl methyl sites for hydroxylation is 3. The Labute approximate surface area is 197 Å². The number of aromatic nitrogens is 1. The lowest BCUT2D eigenvalue weighted by molar-refractivity contribution is 0.102. The molecule has 0 aliphatic heterocycles. The van der Waals surface area contributed by atoms with Crippen LogP contribution in [0.4, 0.5) is 5.69 Å². The van der Waals surface area contributed by atoms with Crippen LogP contribution in [0.3, 0.4) is 0 Å². The summed E-state index contributed by atoms with van der Waals surface area (Å²) in [5.41, 5.74) is 6.94. The summed E-state index contributed by atoms with van der Waals surface area (Å²) in [5.74, 6) is -0.307. The zero-order chi connectivity index (χ0) is 24.0. The topological polar surface area (TPSA) is 51.1 Å². The molecule has 33 heavy (non-hydrogen) atoms. The number of rotatable bonds is 9. The van der Waals surface area contributed by atoms with Gasteiger partial charge in [0, 0.05) is 29.2 Å². The molecule has 4 heteroatoms.